The van der Waals surface area contributed by atoms with E-state index in [-0.39, 0.29) is 23.3 Å². The average molecular weight is 491 g/mol. The van der Waals surface area contributed by atoms with Crippen molar-refractivity contribution in [2.24, 2.45) is 5.92 Å². The van der Waals surface area contributed by atoms with Crippen LogP contribution in [-0.2, 0) is 16.0 Å². The van der Waals surface area contributed by atoms with E-state index in [0.29, 0.717) is 12.0 Å². The third kappa shape index (κ3) is 7.73. The first-order valence-corrected chi connectivity index (χ1v) is 12.1. The van der Waals surface area contributed by atoms with Gasteiger partial charge in [0, 0.05) is 11.5 Å². The molecular weight excluding hydrogens is 452 g/mol. The predicted molar refractivity (Wildman–Crippen MR) is 131 cm³/mol. The van der Waals surface area contributed by atoms with E-state index in [1.54, 1.807) is 12.1 Å². The predicted octanol–water partition coefficient (Wildman–Crippen LogP) is 2.95. The second kappa shape index (κ2) is 13.5. The van der Waals surface area contributed by atoms with Gasteiger partial charge in [-0.1, -0.05) is 43.6 Å². The lowest BCUT2D eigenvalue weighted by Crippen LogP contribution is -2.31. The molecule has 194 valence electrons. The summed E-state index contributed by atoms with van der Waals surface area (Å²) >= 11 is 0. The molecule has 8 nitrogen and oxygen atoms in total. The van der Waals surface area contributed by atoms with E-state index in [4.69, 9.17) is 9.47 Å². The lowest BCUT2D eigenvalue weighted by atomic mass is 9.73. The molecule has 0 amide bonds. The molecule has 1 aliphatic carbocycles. The van der Waals surface area contributed by atoms with Crippen molar-refractivity contribution in [3.63, 3.8) is 0 Å². The van der Waals surface area contributed by atoms with Crippen LogP contribution in [0, 0.1) is 5.92 Å². The lowest BCUT2D eigenvalue weighted by molar-refractivity contribution is -0.145. The maximum atomic E-state index is 12.5. The molecule has 0 saturated heterocycles. The van der Waals surface area contributed by atoms with Gasteiger partial charge in [-0.2, -0.15) is 0 Å². The summed E-state index contributed by atoms with van der Waals surface area (Å²) in [5, 5.41) is 38.1. The molecule has 0 radical (unpaired) electrons. The number of aliphatic hydroxyl groups excluding tert-OH is 4. The van der Waals surface area contributed by atoms with Gasteiger partial charge in [-0.25, -0.2) is 9.59 Å². The van der Waals surface area contributed by atoms with Crippen LogP contribution in [0.2, 0.25) is 0 Å². The SMILES string of the molecule is C=C(C)[C@@H]1CCC(C)=C[C@H]1c1c(OC(=O)[C@@H](O)CO)cc(CCCCC)cc1OC(=O)[C@@H](O)CO. The van der Waals surface area contributed by atoms with Crippen LogP contribution in [0.1, 0.15) is 69.9 Å². The minimum Gasteiger partial charge on any atom is -0.424 e. The molecule has 1 aromatic carbocycles. The molecule has 0 fully saturated rings. The van der Waals surface area contributed by atoms with Gasteiger partial charge in [0.15, 0.2) is 12.2 Å². The molecule has 35 heavy (non-hydrogen) atoms. The second-order valence-corrected chi connectivity index (χ2v) is 9.23. The van der Waals surface area contributed by atoms with Crippen molar-refractivity contribution in [2.45, 2.75) is 77.4 Å². The zero-order valence-electron chi connectivity index (χ0n) is 20.8. The second-order valence-electron chi connectivity index (χ2n) is 9.23. The van der Waals surface area contributed by atoms with E-state index >= 15 is 0 Å². The highest BCUT2D eigenvalue weighted by Crippen LogP contribution is 2.47. The molecule has 0 unspecified atom stereocenters. The number of allylic oxidation sites excluding steroid dienone is 3. The molecule has 0 saturated carbocycles. The van der Waals surface area contributed by atoms with Gasteiger partial charge in [-0.05, 0) is 63.1 Å². The minimum absolute atomic E-state index is 0.0370. The number of carbonyl (C=O) groups excluding carboxylic acids is 2. The summed E-state index contributed by atoms with van der Waals surface area (Å²) in [4.78, 5) is 24.9. The third-order valence-corrected chi connectivity index (χ3v) is 6.26. The number of esters is 2. The molecule has 4 atom stereocenters. The summed E-state index contributed by atoms with van der Waals surface area (Å²) in [6, 6.07) is 3.39. The van der Waals surface area contributed by atoms with Gasteiger partial charge >= 0.3 is 11.9 Å². The van der Waals surface area contributed by atoms with Crippen molar-refractivity contribution in [1.82, 2.24) is 0 Å². The van der Waals surface area contributed by atoms with E-state index in [9.17, 15) is 30.0 Å². The summed E-state index contributed by atoms with van der Waals surface area (Å²) in [5.41, 5.74) is 3.17. The Kier molecular flexibility index (Phi) is 11.1. The van der Waals surface area contributed by atoms with Crippen LogP contribution < -0.4 is 9.47 Å². The Labute approximate surface area is 206 Å². The Morgan fingerprint density at radius 1 is 1.06 bits per heavy atom. The summed E-state index contributed by atoms with van der Waals surface area (Å²) in [6.45, 7) is 8.50. The molecular formula is C27H38O8. The third-order valence-electron chi connectivity index (χ3n) is 6.26. The van der Waals surface area contributed by atoms with Crippen molar-refractivity contribution in [2.75, 3.05) is 13.2 Å². The number of carbonyl (C=O) groups is 2. The van der Waals surface area contributed by atoms with E-state index in [0.717, 1.165) is 48.8 Å². The Morgan fingerprint density at radius 2 is 1.60 bits per heavy atom. The smallest absolute Gasteiger partial charge is 0.342 e. The summed E-state index contributed by atoms with van der Waals surface area (Å²) in [6.07, 6.45) is 3.67. The van der Waals surface area contributed by atoms with Crippen molar-refractivity contribution >= 4 is 11.9 Å². The molecule has 0 spiro atoms. The van der Waals surface area contributed by atoms with Gasteiger partial charge in [0.05, 0.1) is 13.2 Å². The van der Waals surface area contributed by atoms with Crippen molar-refractivity contribution in [3.8, 4) is 11.5 Å². The van der Waals surface area contributed by atoms with E-state index < -0.39 is 37.4 Å². The van der Waals surface area contributed by atoms with E-state index in [1.807, 2.05) is 19.9 Å². The van der Waals surface area contributed by atoms with Crippen LogP contribution >= 0.6 is 0 Å². The maximum Gasteiger partial charge on any atom is 0.342 e. The number of aliphatic hydroxyl groups is 4. The zero-order valence-corrected chi connectivity index (χ0v) is 20.8. The first-order chi connectivity index (χ1) is 16.6. The standard InChI is InChI=1S/C27H38O8/c1-5-6-7-8-18-12-23(34-26(32)21(30)14-28)25(24(13-18)35-27(33)22(31)15-29)20-11-17(4)9-10-19(20)16(2)3/h11-13,19-22,28-31H,2,5-10,14-15H2,1,3-4H3/t19-,20+,21-,22-/m0/s1. The van der Waals surface area contributed by atoms with Gasteiger partial charge in [0.25, 0.3) is 0 Å². The normalized spacial score (nSPS) is 19.5. The Bertz CT molecular complexity index is 890. The Balaban J connectivity index is 2.72. The van der Waals surface area contributed by atoms with E-state index in [1.165, 1.54) is 0 Å². The van der Waals surface area contributed by atoms with Gasteiger partial charge < -0.3 is 29.9 Å². The monoisotopic (exact) mass is 490 g/mol. The van der Waals surface area contributed by atoms with Gasteiger partial charge in [0.1, 0.15) is 11.5 Å². The van der Waals surface area contributed by atoms with Crippen LogP contribution in [0.5, 0.6) is 11.5 Å². The average Bonchev–Trinajstić information content (AvgIpc) is 2.82. The van der Waals surface area contributed by atoms with Gasteiger partial charge in [0.2, 0.25) is 0 Å². The fraction of sp³-hybridized carbons (Fsp3) is 0.556. The zero-order chi connectivity index (χ0) is 26.1. The number of benzene rings is 1. The molecule has 4 N–H and O–H groups in total. The molecule has 0 heterocycles. The van der Waals surface area contributed by atoms with Gasteiger partial charge in [-0.3, -0.25) is 0 Å². The highest BCUT2D eigenvalue weighted by molar-refractivity contribution is 5.80. The maximum absolute atomic E-state index is 12.5. The highest BCUT2D eigenvalue weighted by atomic mass is 16.6. The van der Waals surface area contributed by atoms with Crippen LogP contribution in [-0.4, -0.2) is 57.8 Å². The molecule has 1 aromatic rings. The number of unbranched alkanes of at least 4 members (excludes halogenated alkanes) is 2. The summed E-state index contributed by atoms with van der Waals surface area (Å²) < 4.78 is 11.1. The minimum atomic E-state index is -1.73. The number of hydrogen-bond acceptors (Lipinski definition) is 8. The molecule has 0 aromatic heterocycles. The van der Waals surface area contributed by atoms with E-state index in [2.05, 4.69) is 13.5 Å². The van der Waals surface area contributed by atoms with Crippen LogP contribution in [0.15, 0.2) is 35.9 Å². The fourth-order valence-electron chi connectivity index (χ4n) is 4.28. The Morgan fingerprint density at radius 3 is 2.06 bits per heavy atom. The first kappa shape index (κ1) is 28.7. The number of ether oxygens (including phenoxy) is 2. The molecule has 0 bridgehead atoms. The van der Waals surface area contributed by atoms with Crippen LogP contribution in [0.3, 0.4) is 0 Å². The lowest BCUT2D eigenvalue weighted by Gasteiger charge is -2.32. The van der Waals surface area contributed by atoms with Crippen molar-refractivity contribution in [1.29, 1.82) is 0 Å². The van der Waals surface area contributed by atoms with Crippen LogP contribution in [0.4, 0.5) is 0 Å². The van der Waals surface area contributed by atoms with Crippen molar-refractivity contribution in [3.05, 3.63) is 47.1 Å². The quantitative estimate of drug-likeness (QED) is 0.152. The number of hydrogen-bond donors (Lipinski definition) is 4. The Hall–Kier alpha value is -2.52. The molecule has 8 heteroatoms. The molecule has 1 aliphatic rings. The van der Waals surface area contributed by atoms with Crippen LogP contribution in [0.25, 0.3) is 0 Å². The molecule has 2 rings (SSSR count). The number of rotatable bonds is 12. The summed E-state index contributed by atoms with van der Waals surface area (Å²) in [5.74, 6) is -2.23. The highest BCUT2D eigenvalue weighted by Gasteiger charge is 2.33. The van der Waals surface area contributed by atoms with Crippen molar-refractivity contribution < 1.29 is 39.5 Å². The van der Waals surface area contributed by atoms with Gasteiger partial charge in [-0.15, -0.1) is 0 Å². The topological polar surface area (TPSA) is 134 Å². The summed E-state index contributed by atoms with van der Waals surface area (Å²) in [7, 11) is 0. The first-order valence-electron chi connectivity index (χ1n) is 12.1. The largest absolute Gasteiger partial charge is 0.424 e. The number of aryl methyl sites for hydroxylation is 1. The molecule has 0 aliphatic heterocycles. The fourth-order valence-corrected chi connectivity index (χ4v) is 4.28.